The van der Waals surface area contributed by atoms with Gasteiger partial charge in [-0.2, -0.15) is 0 Å². The van der Waals surface area contributed by atoms with Gasteiger partial charge in [0.1, 0.15) is 9.84 Å². The van der Waals surface area contributed by atoms with Gasteiger partial charge in [-0.1, -0.05) is 43.1 Å². The first-order valence-corrected chi connectivity index (χ1v) is 9.36. The molecule has 1 aromatic rings. The second kappa shape index (κ2) is 8.23. The second-order valence-electron chi connectivity index (χ2n) is 4.62. The van der Waals surface area contributed by atoms with E-state index in [1.807, 2.05) is 6.92 Å². The topological polar surface area (TPSA) is 46.2 Å². The van der Waals surface area contributed by atoms with E-state index in [0.717, 1.165) is 12.1 Å². The van der Waals surface area contributed by atoms with Crippen LogP contribution in [0.4, 0.5) is 0 Å². The minimum atomic E-state index is -2.93. The summed E-state index contributed by atoms with van der Waals surface area (Å²) in [5.74, 6) is 0.388. The van der Waals surface area contributed by atoms with Crippen molar-refractivity contribution in [1.82, 2.24) is 5.32 Å². The maximum Gasteiger partial charge on any atom is 0.150 e. The number of sulfone groups is 1. The predicted molar refractivity (Wildman–Crippen MR) is 86.4 cm³/mol. The molecule has 114 valence electrons. The van der Waals surface area contributed by atoms with Gasteiger partial charge in [0.2, 0.25) is 0 Å². The third kappa shape index (κ3) is 5.24. The summed E-state index contributed by atoms with van der Waals surface area (Å²) in [4.78, 5) is 0. The molecule has 1 unspecified atom stereocenters. The molecular weight excluding hydrogens is 317 g/mol. The normalized spacial score (nSPS) is 13.4. The second-order valence-corrected chi connectivity index (χ2v) is 7.91. The van der Waals surface area contributed by atoms with E-state index in [4.69, 9.17) is 23.2 Å². The van der Waals surface area contributed by atoms with Crippen LogP contribution in [0.2, 0.25) is 10.0 Å². The van der Waals surface area contributed by atoms with E-state index in [2.05, 4.69) is 5.32 Å². The largest absolute Gasteiger partial charge is 0.310 e. The molecule has 0 saturated carbocycles. The van der Waals surface area contributed by atoms with Crippen LogP contribution >= 0.6 is 23.2 Å². The van der Waals surface area contributed by atoms with Crippen molar-refractivity contribution in [2.45, 2.75) is 32.7 Å². The van der Waals surface area contributed by atoms with Gasteiger partial charge in [-0.05, 0) is 31.5 Å². The standard InChI is InChI=1S/C14H21Cl2NO2S/c1-3-17-13(9-6-10-20(18,19)4-2)14-11(15)7-5-8-12(14)16/h5,7-8,13,17H,3-4,6,9-10H2,1-2H3. The molecule has 1 aromatic carbocycles. The monoisotopic (exact) mass is 337 g/mol. The van der Waals surface area contributed by atoms with Gasteiger partial charge < -0.3 is 5.32 Å². The van der Waals surface area contributed by atoms with Crippen LogP contribution in [0.15, 0.2) is 18.2 Å². The van der Waals surface area contributed by atoms with E-state index >= 15 is 0 Å². The zero-order valence-electron chi connectivity index (χ0n) is 11.8. The molecule has 1 rings (SSSR count). The van der Waals surface area contributed by atoms with Gasteiger partial charge in [0.15, 0.2) is 0 Å². The fraction of sp³-hybridized carbons (Fsp3) is 0.571. The van der Waals surface area contributed by atoms with Crippen LogP contribution in [0.3, 0.4) is 0 Å². The molecule has 0 amide bonds. The van der Waals surface area contributed by atoms with Crippen molar-refractivity contribution < 1.29 is 8.42 Å². The highest BCUT2D eigenvalue weighted by atomic mass is 35.5. The van der Waals surface area contributed by atoms with E-state index in [9.17, 15) is 8.42 Å². The Labute approximate surface area is 131 Å². The van der Waals surface area contributed by atoms with Gasteiger partial charge in [-0.25, -0.2) is 8.42 Å². The van der Waals surface area contributed by atoms with E-state index < -0.39 is 9.84 Å². The number of hydrogen-bond donors (Lipinski definition) is 1. The summed E-state index contributed by atoms with van der Waals surface area (Å²) in [7, 11) is -2.93. The number of halogens is 2. The summed E-state index contributed by atoms with van der Waals surface area (Å²) in [6, 6.07) is 5.39. The summed E-state index contributed by atoms with van der Waals surface area (Å²) in [5.41, 5.74) is 0.853. The molecule has 0 fully saturated rings. The summed E-state index contributed by atoms with van der Waals surface area (Å²) in [5, 5.41) is 4.55. The van der Waals surface area contributed by atoms with Gasteiger partial charge in [0.25, 0.3) is 0 Å². The first-order valence-electron chi connectivity index (χ1n) is 6.79. The van der Waals surface area contributed by atoms with Crippen LogP contribution in [0, 0.1) is 0 Å². The quantitative estimate of drug-likeness (QED) is 0.783. The Morgan fingerprint density at radius 2 is 1.80 bits per heavy atom. The first kappa shape index (κ1) is 17.8. The lowest BCUT2D eigenvalue weighted by Gasteiger charge is -2.20. The van der Waals surface area contributed by atoms with E-state index in [1.165, 1.54) is 0 Å². The predicted octanol–water partition coefficient (Wildman–Crippen LogP) is 3.86. The summed E-state index contributed by atoms with van der Waals surface area (Å²) < 4.78 is 23.1. The van der Waals surface area contributed by atoms with Crippen molar-refractivity contribution >= 4 is 33.0 Å². The lowest BCUT2D eigenvalue weighted by Crippen LogP contribution is -2.22. The maximum absolute atomic E-state index is 11.5. The fourth-order valence-electron chi connectivity index (χ4n) is 2.09. The van der Waals surface area contributed by atoms with Crippen molar-refractivity contribution in [2.24, 2.45) is 0 Å². The van der Waals surface area contributed by atoms with Crippen LogP contribution in [0.1, 0.15) is 38.3 Å². The summed E-state index contributed by atoms with van der Waals surface area (Å²) in [6.45, 7) is 4.44. The Balaban J connectivity index is 2.80. The lowest BCUT2D eigenvalue weighted by atomic mass is 10.0. The van der Waals surface area contributed by atoms with Crippen molar-refractivity contribution in [3.8, 4) is 0 Å². The van der Waals surface area contributed by atoms with Crippen LogP contribution in [-0.4, -0.2) is 26.5 Å². The Kier molecular flexibility index (Phi) is 7.30. The highest BCUT2D eigenvalue weighted by Gasteiger charge is 2.18. The third-order valence-electron chi connectivity index (χ3n) is 3.19. The SMILES string of the molecule is CCNC(CCCS(=O)(=O)CC)c1c(Cl)cccc1Cl. The maximum atomic E-state index is 11.5. The average molecular weight is 338 g/mol. The molecular formula is C14H21Cl2NO2S. The van der Waals surface area contributed by atoms with Crippen molar-refractivity contribution in [3.63, 3.8) is 0 Å². The molecule has 0 spiro atoms. The average Bonchev–Trinajstić information content (AvgIpc) is 2.38. The van der Waals surface area contributed by atoms with E-state index in [-0.39, 0.29) is 17.5 Å². The molecule has 1 N–H and O–H groups in total. The molecule has 0 saturated heterocycles. The van der Waals surface area contributed by atoms with Gasteiger partial charge >= 0.3 is 0 Å². The number of rotatable bonds is 8. The minimum absolute atomic E-state index is 0.0201. The highest BCUT2D eigenvalue weighted by Crippen LogP contribution is 2.32. The van der Waals surface area contributed by atoms with Crippen molar-refractivity contribution in [2.75, 3.05) is 18.1 Å². The molecule has 1 atom stereocenters. The smallest absolute Gasteiger partial charge is 0.150 e. The Hall–Kier alpha value is -0.290. The molecule has 0 bridgehead atoms. The molecule has 20 heavy (non-hydrogen) atoms. The zero-order chi connectivity index (χ0) is 15.2. The molecule has 0 heterocycles. The number of hydrogen-bond acceptors (Lipinski definition) is 3. The summed E-state index contributed by atoms with van der Waals surface area (Å²) in [6.07, 6.45) is 1.28. The molecule has 6 heteroatoms. The Morgan fingerprint density at radius 3 is 2.30 bits per heavy atom. The molecule has 0 aliphatic carbocycles. The lowest BCUT2D eigenvalue weighted by molar-refractivity contribution is 0.507. The van der Waals surface area contributed by atoms with Crippen LogP contribution in [0.25, 0.3) is 0 Å². The van der Waals surface area contributed by atoms with Crippen LogP contribution < -0.4 is 5.32 Å². The first-order chi connectivity index (χ1) is 9.41. The van der Waals surface area contributed by atoms with Gasteiger partial charge in [-0.15, -0.1) is 0 Å². The van der Waals surface area contributed by atoms with Gasteiger partial charge in [-0.3, -0.25) is 0 Å². The molecule has 0 aliphatic heterocycles. The van der Waals surface area contributed by atoms with Crippen molar-refractivity contribution in [3.05, 3.63) is 33.8 Å². The fourth-order valence-corrected chi connectivity index (χ4v) is 3.65. The Morgan fingerprint density at radius 1 is 1.20 bits per heavy atom. The van der Waals surface area contributed by atoms with Crippen LogP contribution in [0.5, 0.6) is 0 Å². The van der Waals surface area contributed by atoms with Crippen molar-refractivity contribution in [1.29, 1.82) is 0 Å². The molecule has 0 aromatic heterocycles. The molecule has 0 radical (unpaired) electrons. The molecule has 3 nitrogen and oxygen atoms in total. The van der Waals surface area contributed by atoms with Gasteiger partial charge in [0, 0.05) is 27.4 Å². The molecule has 0 aliphatic rings. The number of nitrogens with one attached hydrogen (secondary N) is 1. The Bertz CT molecular complexity index is 512. The van der Waals surface area contributed by atoms with Gasteiger partial charge in [0.05, 0.1) is 5.75 Å². The van der Waals surface area contributed by atoms with E-state index in [1.54, 1.807) is 25.1 Å². The zero-order valence-corrected chi connectivity index (χ0v) is 14.2. The minimum Gasteiger partial charge on any atom is -0.310 e. The number of benzene rings is 1. The highest BCUT2D eigenvalue weighted by molar-refractivity contribution is 7.91. The van der Waals surface area contributed by atoms with Crippen LogP contribution in [-0.2, 0) is 9.84 Å². The third-order valence-corrected chi connectivity index (χ3v) is 5.64. The van der Waals surface area contributed by atoms with E-state index in [0.29, 0.717) is 22.9 Å². The summed E-state index contributed by atoms with van der Waals surface area (Å²) >= 11 is 12.4.